The first kappa shape index (κ1) is 14.0. The maximum absolute atomic E-state index is 12.4. The Labute approximate surface area is 135 Å². The Bertz CT molecular complexity index is 986. The number of nitrogens with zero attached hydrogens (tertiary/aromatic N) is 4. The van der Waals surface area contributed by atoms with E-state index in [4.69, 9.17) is 17.3 Å². The fraction of sp³-hybridized carbons (Fsp3) is 0.200. The summed E-state index contributed by atoms with van der Waals surface area (Å²) in [5.41, 5.74) is 8.83. The van der Waals surface area contributed by atoms with Gasteiger partial charge in [0.05, 0.1) is 11.4 Å². The number of aryl methyl sites for hydroxylation is 1. The maximum atomic E-state index is 12.4. The number of nitrogens with two attached hydrogens (primary N) is 1. The summed E-state index contributed by atoms with van der Waals surface area (Å²) in [4.78, 5) is 17.0. The van der Waals surface area contributed by atoms with Crippen LogP contribution in [0.1, 0.15) is 17.7 Å². The highest BCUT2D eigenvalue weighted by Crippen LogP contribution is 2.29. The van der Waals surface area contributed by atoms with Crippen molar-refractivity contribution in [1.82, 2.24) is 14.6 Å². The molecule has 8 heteroatoms. The number of nitrogens with one attached hydrogen (secondary N) is 1. The van der Waals surface area contributed by atoms with Crippen molar-refractivity contribution in [2.75, 3.05) is 5.73 Å². The molecule has 3 N–H and O–H groups in total. The molecule has 1 aromatic carbocycles. The molecule has 4 rings (SSSR count). The summed E-state index contributed by atoms with van der Waals surface area (Å²) in [5.74, 6) is 0.260. The van der Waals surface area contributed by atoms with Crippen LogP contribution in [0.5, 0.6) is 0 Å². The van der Waals surface area contributed by atoms with Gasteiger partial charge in [0.25, 0.3) is 5.56 Å². The number of aromatic nitrogens is 3. The van der Waals surface area contributed by atoms with Gasteiger partial charge in [0.15, 0.2) is 11.3 Å². The minimum atomic E-state index is -0.109. The Morgan fingerprint density at radius 2 is 2.00 bits per heavy atom. The zero-order valence-corrected chi connectivity index (χ0v) is 12.8. The van der Waals surface area contributed by atoms with E-state index in [-0.39, 0.29) is 11.4 Å². The molecule has 116 valence electrons. The Balaban J connectivity index is 1.84. The van der Waals surface area contributed by atoms with Crippen molar-refractivity contribution >= 4 is 34.4 Å². The van der Waals surface area contributed by atoms with E-state index in [1.807, 2.05) is 0 Å². The van der Waals surface area contributed by atoms with Crippen LogP contribution in [0.4, 0.5) is 17.2 Å². The molecule has 23 heavy (non-hydrogen) atoms. The van der Waals surface area contributed by atoms with Crippen LogP contribution in [0.25, 0.3) is 5.65 Å². The first-order chi connectivity index (χ1) is 11.1. The van der Waals surface area contributed by atoms with E-state index < -0.39 is 0 Å². The van der Waals surface area contributed by atoms with Crippen LogP contribution in [-0.4, -0.2) is 14.6 Å². The summed E-state index contributed by atoms with van der Waals surface area (Å²) in [6, 6.07) is 6.94. The summed E-state index contributed by atoms with van der Waals surface area (Å²) < 4.78 is 1.34. The SMILES string of the molecule is Nc1[nH]n2c(=O)c3c(nc2c1N=Nc1ccc(Cl)cc1)CCC3. The smallest absolute Gasteiger partial charge is 0.276 e. The molecule has 0 unspecified atom stereocenters. The van der Waals surface area contributed by atoms with Gasteiger partial charge in [0.2, 0.25) is 0 Å². The zero-order valence-electron chi connectivity index (χ0n) is 12.1. The third-order valence-corrected chi connectivity index (χ3v) is 4.15. The number of hydrogen-bond acceptors (Lipinski definition) is 5. The molecule has 0 radical (unpaired) electrons. The second-order valence-corrected chi connectivity index (χ2v) is 5.84. The number of fused-ring (bicyclic) bond motifs is 2. The van der Waals surface area contributed by atoms with Gasteiger partial charge in [-0.3, -0.25) is 9.89 Å². The third-order valence-electron chi connectivity index (χ3n) is 3.89. The predicted molar refractivity (Wildman–Crippen MR) is 87.9 cm³/mol. The molecule has 0 fully saturated rings. The van der Waals surface area contributed by atoms with Crippen LogP contribution in [-0.2, 0) is 12.8 Å². The van der Waals surface area contributed by atoms with Crippen molar-refractivity contribution in [3.8, 4) is 0 Å². The molecule has 0 amide bonds. The third kappa shape index (κ3) is 2.29. The summed E-state index contributed by atoms with van der Waals surface area (Å²) >= 11 is 5.84. The largest absolute Gasteiger partial charge is 0.382 e. The van der Waals surface area contributed by atoms with Crippen molar-refractivity contribution in [2.24, 2.45) is 10.2 Å². The van der Waals surface area contributed by atoms with Gasteiger partial charge in [-0.2, -0.15) is 9.63 Å². The molecule has 2 heterocycles. The average Bonchev–Trinajstić information content (AvgIpc) is 3.12. The molecular formula is C15H13ClN6O. The quantitative estimate of drug-likeness (QED) is 0.706. The normalized spacial score (nSPS) is 14.0. The van der Waals surface area contributed by atoms with Gasteiger partial charge in [-0.05, 0) is 43.5 Å². The molecular weight excluding hydrogens is 316 g/mol. The van der Waals surface area contributed by atoms with Gasteiger partial charge < -0.3 is 5.73 Å². The minimum absolute atomic E-state index is 0.109. The molecule has 0 saturated heterocycles. The molecule has 1 aliphatic rings. The first-order valence-corrected chi connectivity index (χ1v) is 7.60. The highest BCUT2D eigenvalue weighted by Gasteiger charge is 2.21. The highest BCUT2D eigenvalue weighted by molar-refractivity contribution is 6.30. The van der Waals surface area contributed by atoms with Crippen LogP contribution >= 0.6 is 11.6 Å². The number of aromatic amines is 1. The van der Waals surface area contributed by atoms with Crippen molar-refractivity contribution in [1.29, 1.82) is 0 Å². The van der Waals surface area contributed by atoms with Crippen molar-refractivity contribution in [3.63, 3.8) is 0 Å². The monoisotopic (exact) mass is 328 g/mol. The van der Waals surface area contributed by atoms with Crippen molar-refractivity contribution in [2.45, 2.75) is 19.3 Å². The van der Waals surface area contributed by atoms with E-state index in [0.717, 1.165) is 30.5 Å². The Morgan fingerprint density at radius 3 is 2.78 bits per heavy atom. The second kappa shape index (κ2) is 5.20. The molecule has 0 spiro atoms. The molecule has 7 nitrogen and oxygen atoms in total. The standard InChI is InChI=1S/C15H13ClN6O/c16-8-4-6-9(7-5-8)19-20-12-13(17)21-22-14(12)18-11-3-1-2-10(11)15(22)23/h4-7,21H,1-3,17H2. The molecule has 3 aromatic rings. The number of anilines is 1. The van der Waals surface area contributed by atoms with Gasteiger partial charge >= 0.3 is 0 Å². The average molecular weight is 329 g/mol. The number of rotatable bonds is 2. The molecule has 0 bridgehead atoms. The van der Waals surface area contributed by atoms with Gasteiger partial charge in [0.1, 0.15) is 5.82 Å². The second-order valence-electron chi connectivity index (χ2n) is 5.41. The molecule has 0 saturated carbocycles. The number of halogens is 1. The molecule has 2 aromatic heterocycles. The van der Waals surface area contributed by atoms with Crippen LogP contribution in [0, 0.1) is 0 Å². The van der Waals surface area contributed by atoms with E-state index >= 15 is 0 Å². The number of hydrogen-bond donors (Lipinski definition) is 2. The summed E-state index contributed by atoms with van der Waals surface area (Å²) in [5, 5.41) is 11.7. The lowest BCUT2D eigenvalue weighted by Crippen LogP contribution is -2.20. The van der Waals surface area contributed by atoms with Gasteiger partial charge in [-0.1, -0.05) is 11.6 Å². The Hall–Kier alpha value is -2.67. The first-order valence-electron chi connectivity index (χ1n) is 7.23. The lowest BCUT2D eigenvalue weighted by molar-refractivity contribution is 0.874. The topological polar surface area (TPSA) is 101 Å². The highest BCUT2D eigenvalue weighted by atomic mass is 35.5. The number of benzene rings is 1. The molecule has 0 atom stereocenters. The van der Waals surface area contributed by atoms with Gasteiger partial charge in [-0.15, -0.1) is 5.11 Å². The van der Waals surface area contributed by atoms with Crippen LogP contribution in [0.3, 0.4) is 0 Å². The van der Waals surface area contributed by atoms with Crippen molar-refractivity contribution < 1.29 is 0 Å². The predicted octanol–water partition coefficient (Wildman–Crippen LogP) is 3.16. The zero-order chi connectivity index (χ0) is 16.0. The van der Waals surface area contributed by atoms with E-state index in [2.05, 4.69) is 20.3 Å². The van der Waals surface area contributed by atoms with Crippen molar-refractivity contribution in [3.05, 3.63) is 50.9 Å². The Kier molecular flexibility index (Phi) is 3.16. The summed E-state index contributed by atoms with van der Waals surface area (Å²) in [7, 11) is 0. The minimum Gasteiger partial charge on any atom is -0.382 e. The fourth-order valence-electron chi connectivity index (χ4n) is 2.76. The number of azo groups is 1. The van der Waals surface area contributed by atoms with Crippen LogP contribution in [0.2, 0.25) is 5.02 Å². The molecule has 0 aliphatic heterocycles. The summed E-state index contributed by atoms with van der Waals surface area (Å²) in [6.07, 6.45) is 2.51. The maximum Gasteiger partial charge on any atom is 0.276 e. The van der Waals surface area contributed by atoms with Crippen LogP contribution < -0.4 is 11.3 Å². The summed E-state index contributed by atoms with van der Waals surface area (Å²) in [6.45, 7) is 0. The van der Waals surface area contributed by atoms with E-state index in [0.29, 0.717) is 22.0 Å². The Morgan fingerprint density at radius 1 is 1.22 bits per heavy atom. The fourth-order valence-corrected chi connectivity index (χ4v) is 2.89. The lowest BCUT2D eigenvalue weighted by Gasteiger charge is -1.99. The number of nitrogen functional groups attached to an aromatic ring is 1. The molecule has 1 aliphatic carbocycles. The van der Waals surface area contributed by atoms with Gasteiger partial charge in [0, 0.05) is 10.6 Å². The van der Waals surface area contributed by atoms with E-state index in [1.165, 1.54) is 4.52 Å². The van der Waals surface area contributed by atoms with E-state index in [9.17, 15) is 4.79 Å². The van der Waals surface area contributed by atoms with E-state index in [1.54, 1.807) is 24.3 Å². The number of H-pyrrole nitrogens is 1. The van der Waals surface area contributed by atoms with Crippen LogP contribution in [0.15, 0.2) is 39.3 Å². The van der Waals surface area contributed by atoms with Gasteiger partial charge in [-0.25, -0.2) is 4.98 Å². The lowest BCUT2D eigenvalue weighted by atomic mass is 10.2.